The van der Waals surface area contributed by atoms with E-state index in [1.54, 1.807) is 12.1 Å². The number of nitrogens with one attached hydrogen (secondary N) is 1. The fraction of sp³-hybridized carbons (Fsp3) is 0.231. The van der Waals surface area contributed by atoms with Crippen LogP contribution in [-0.2, 0) is 4.79 Å². The number of benzene rings is 2. The van der Waals surface area contributed by atoms with Crippen molar-refractivity contribution in [1.29, 1.82) is 0 Å². The molecule has 1 amide bonds. The molecule has 5 nitrogen and oxygen atoms in total. The van der Waals surface area contributed by atoms with Crippen molar-refractivity contribution in [2.45, 2.75) is 13.0 Å². The van der Waals surface area contributed by atoms with Gasteiger partial charge in [-0.05, 0) is 55.0 Å². The molecule has 2 aromatic carbocycles. The van der Waals surface area contributed by atoms with E-state index in [2.05, 4.69) is 32.2 Å². The van der Waals surface area contributed by atoms with E-state index >= 15 is 0 Å². The van der Waals surface area contributed by atoms with Crippen molar-refractivity contribution in [3.8, 4) is 0 Å². The monoisotopic (exact) mass is 464 g/mol. The van der Waals surface area contributed by atoms with E-state index in [9.17, 15) is 9.18 Å². The fourth-order valence-corrected chi connectivity index (χ4v) is 4.03. The standard InChI is InChI=1S/C26H26ClFN4O/c1-19(30-26(33)11-9-20-8-10-22(27)18-24(20)28)21-5-4-6-23(17-21)31-13-15-32(16-14-31)25-7-2-3-12-29-25/h2-12,17-19H,13-16H2,1H3,(H,30,33)/t19-/m0/s1. The molecular weight excluding hydrogens is 439 g/mol. The van der Waals surface area contributed by atoms with Gasteiger partial charge in [0.2, 0.25) is 5.91 Å². The normalized spacial score (nSPS) is 15.0. The van der Waals surface area contributed by atoms with E-state index in [1.807, 2.05) is 43.5 Å². The average Bonchev–Trinajstić information content (AvgIpc) is 2.84. The zero-order chi connectivity index (χ0) is 23.2. The molecule has 1 fully saturated rings. The number of hydrogen-bond acceptors (Lipinski definition) is 4. The maximum atomic E-state index is 13.9. The molecule has 1 aromatic heterocycles. The van der Waals surface area contributed by atoms with Crippen LogP contribution in [0, 0.1) is 5.82 Å². The first kappa shape index (κ1) is 22.8. The highest BCUT2D eigenvalue weighted by atomic mass is 35.5. The number of carbonyl (C=O) groups excluding carboxylic acids is 1. The number of carbonyl (C=O) groups is 1. The van der Waals surface area contributed by atoms with Gasteiger partial charge in [0, 0.05) is 54.7 Å². The Morgan fingerprint density at radius 2 is 1.85 bits per heavy atom. The number of amides is 1. The van der Waals surface area contributed by atoms with Gasteiger partial charge in [-0.25, -0.2) is 9.37 Å². The lowest BCUT2D eigenvalue weighted by atomic mass is 10.1. The summed E-state index contributed by atoms with van der Waals surface area (Å²) in [6.07, 6.45) is 4.61. The minimum atomic E-state index is -0.463. The maximum Gasteiger partial charge on any atom is 0.244 e. The molecule has 0 bridgehead atoms. The third-order valence-electron chi connectivity index (χ3n) is 5.72. The molecule has 33 heavy (non-hydrogen) atoms. The second-order valence-corrected chi connectivity index (χ2v) is 8.42. The number of aromatic nitrogens is 1. The van der Waals surface area contributed by atoms with Crippen molar-refractivity contribution in [2.75, 3.05) is 36.0 Å². The number of piperazine rings is 1. The Morgan fingerprint density at radius 1 is 1.06 bits per heavy atom. The Morgan fingerprint density at radius 3 is 2.58 bits per heavy atom. The van der Waals surface area contributed by atoms with Gasteiger partial charge in [0.15, 0.2) is 0 Å². The second kappa shape index (κ2) is 10.5. The molecule has 1 aliphatic rings. The Hall–Kier alpha value is -3.38. The highest BCUT2D eigenvalue weighted by Gasteiger charge is 2.19. The predicted molar refractivity (Wildman–Crippen MR) is 132 cm³/mol. The number of halogens is 2. The molecule has 0 unspecified atom stereocenters. The first-order valence-electron chi connectivity index (χ1n) is 10.9. The van der Waals surface area contributed by atoms with Crippen LogP contribution in [0.2, 0.25) is 5.02 Å². The molecule has 1 saturated heterocycles. The highest BCUT2D eigenvalue weighted by molar-refractivity contribution is 6.30. The van der Waals surface area contributed by atoms with E-state index in [0.29, 0.717) is 10.6 Å². The van der Waals surface area contributed by atoms with Crippen LogP contribution in [0.25, 0.3) is 6.08 Å². The van der Waals surface area contributed by atoms with E-state index in [1.165, 1.54) is 18.2 Å². The molecule has 170 valence electrons. The number of rotatable bonds is 6. The minimum absolute atomic E-state index is 0.188. The van der Waals surface area contributed by atoms with Crippen molar-refractivity contribution >= 4 is 35.1 Å². The first-order valence-corrected chi connectivity index (χ1v) is 11.3. The molecule has 4 rings (SSSR count). The van der Waals surface area contributed by atoms with Crippen LogP contribution in [0.4, 0.5) is 15.9 Å². The van der Waals surface area contributed by atoms with Crippen molar-refractivity contribution in [3.63, 3.8) is 0 Å². The van der Waals surface area contributed by atoms with Crippen LogP contribution in [-0.4, -0.2) is 37.1 Å². The molecule has 2 heterocycles. The number of anilines is 2. The number of pyridine rings is 1. The lowest BCUT2D eigenvalue weighted by Gasteiger charge is -2.37. The SMILES string of the molecule is C[C@H](NC(=O)C=Cc1ccc(Cl)cc1F)c1cccc(N2CCN(c3ccccn3)CC2)c1. The molecule has 0 radical (unpaired) electrons. The van der Waals surface area contributed by atoms with Gasteiger partial charge in [0.25, 0.3) is 0 Å². The molecule has 7 heteroatoms. The third-order valence-corrected chi connectivity index (χ3v) is 5.96. The summed E-state index contributed by atoms with van der Waals surface area (Å²) in [7, 11) is 0. The van der Waals surface area contributed by atoms with Gasteiger partial charge >= 0.3 is 0 Å². The van der Waals surface area contributed by atoms with Gasteiger partial charge in [-0.3, -0.25) is 4.79 Å². The van der Waals surface area contributed by atoms with E-state index in [0.717, 1.165) is 43.2 Å². The summed E-state index contributed by atoms with van der Waals surface area (Å²) >= 11 is 5.77. The lowest BCUT2D eigenvalue weighted by Crippen LogP contribution is -2.46. The summed E-state index contributed by atoms with van der Waals surface area (Å²) < 4.78 is 13.9. The van der Waals surface area contributed by atoms with Crippen LogP contribution in [0.1, 0.15) is 24.1 Å². The molecule has 1 atom stereocenters. The zero-order valence-corrected chi connectivity index (χ0v) is 19.2. The van der Waals surface area contributed by atoms with Crippen molar-refractivity contribution < 1.29 is 9.18 Å². The van der Waals surface area contributed by atoms with E-state index in [-0.39, 0.29) is 11.9 Å². The smallest absolute Gasteiger partial charge is 0.244 e. The summed E-state index contributed by atoms with van der Waals surface area (Å²) in [5, 5.41) is 3.27. The third kappa shape index (κ3) is 5.90. The first-order chi connectivity index (χ1) is 16.0. The molecule has 3 aromatic rings. The second-order valence-electron chi connectivity index (χ2n) is 7.99. The van der Waals surface area contributed by atoms with Gasteiger partial charge in [-0.2, -0.15) is 0 Å². The lowest BCUT2D eigenvalue weighted by molar-refractivity contribution is -0.117. The van der Waals surface area contributed by atoms with E-state index < -0.39 is 5.82 Å². The van der Waals surface area contributed by atoms with Gasteiger partial charge in [0.05, 0.1) is 6.04 Å². The van der Waals surface area contributed by atoms with Gasteiger partial charge in [-0.1, -0.05) is 35.9 Å². The number of hydrogen-bond donors (Lipinski definition) is 1. The average molecular weight is 465 g/mol. The van der Waals surface area contributed by atoms with Gasteiger partial charge in [-0.15, -0.1) is 0 Å². The fourth-order valence-electron chi connectivity index (χ4n) is 3.87. The molecule has 0 saturated carbocycles. The van der Waals surface area contributed by atoms with Gasteiger partial charge in [0.1, 0.15) is 11.6 Å². The van der Waals surface area contributed by atoms with Gasteiger partial charge < -0.3 is 15.1 Å². The van der Waals surface area contributed by atoms with Crippen LogP contribution >= 0.6 is 11.6 Å². The summed E-state index contributed by atoms with van der Waals surface area (Å²) in [6.45, 7) is 5.54. The van der Waals surface area contributed by atoms with Crippen LogP contribution in [0.5, 0.6) is 0 Å². The molecular formula is C26H26ClFN4O. The molecule has 1 aliphatic heterocycles. The van der Waals surface area contributed by atoms with E-state index in [4.69, 9.17) is 11.6 Å². The van der Waals surface area contributed by atoms with Crippen LogP contribution in [0.3, 0.4) is 0 Å². The quantitative estimate of drug-likeness (QED) is 0.516. The summed E-state index contributed by atoms with van der Waals surface area (Å²) in [6, 6.07) is 18.4. The summed E-state index contributed by atoms with van der Waals surface area (Å²) in [4.78, 5) is 21.4. The predicted octanol–water partition coefficient (Wildman–Crippen LogP) is 5.09. The highest BCUT2D eigenvalue weighted by Crippen LogP contribution is 2.23. The topological polar surface area (TPSA) is 48.5 Å². The Kier molecular flexibility index (Phi) is 7.25. The number of nitrogens with zero attached hydrogens (tertiary/aromatic N) is 3. The summed E-state index contributed by atoms with van der Waals surface area (Å²) in [5.41, 5.74) is 2.46. The maximum absolute atomic E-state index is 13.9. The largest absolute Gasteiger partial charge is 0.368 e. The minimum Gasteiger partial charge on any atom is -0.368 e. The summed E-state index contributed by atoms with van der Waals surface area (Å²) in [5.74, 6) is 0.260. The van der Waals surface area contributed by atoms with Crippen molar-refractivity contribution in [1.82, 2.24) is 10.3 Å². The van der Waals surface area contributed by atoms with Crippen molar-refractivity contribution in [3.05, 3.63) is 94.9 Å². The molecule has 0 aliphatic carbocycles. The molecule has 0 spiro atoms. The van der Waals surface area contributed by atoms with Crippen LogP contribution < -0.4 is 15.1 Å². The zero-order valence-electron chi connectivity index (χ0n) is 18.4. The Bertz CT molecular complexity index is 1130. The van der Waals surface area contributed by atoms with Crippen molar-refractivity contribution in [2.24, 2.45) is 0 Å². The molecule has 1 N–H and O–H groups in total. The Labute approximate surface area is 198 Å². The van der Waals surface area contributed by atoms with Crippen LogP contribution in [0.15, 0.2) is 72.9 Å². The Balaban J connectivity index is 1.35.